The molecule has 1 heterocycles. The Morgan fingerprint density at radius 1 is 1.25 bits per heavy atom. The van der Waals surface area contributed by atoms with E-state index in [0.29, 0.717) is 11.3 Å². The smallest absolute Gasteiger partial charge is 0.249 e. The van der Waals surface area contributed by atoms with Crippen molar-refractivity contribution in [3.63, 3.8) is 0 Å². The van der Waals surface area contributed by atoms with E-state index in [0.717, 1.165) is 6.26 Å². The summed E-state index contributed by atoms with van der Waals surface area (Å²) in [4.78, 5) is 0.191. The molecule has 0 saturated heterocycles. The highest BCUT2D eigenvalue weighted by atomic mass is 32.2. The van der Waals surface area contributed by atoms with Gasteiger partial charge >= 0.3 is 0 Å². The van der Waals surface area contributed by atoms with Crippen molar-refractivity contribution in [2.75, 3.05) is 6.26 Å². The highest BCUT2D eigenvalue weighted by molar-refractivity contribution is 7.90. The number of benzene rings is 1. The Bertz CT molecular complexity index is 742. The van der Waals surface area contributed by atoms with Crippen LogP contribution in [0, 0.1) is 5.41 Å². The Kier molecular flexibility index (Phi) is 3.66. The van der Waals surface area contributed by atoms with Gasteiger partial charge in [0.2, 0.25) is 5.88 Å². The topological polar surface area (TPSA) is 119 Å². The number of ether oxygens (including phenoxy) is 1. The van der Waals surface area contributed by atoms with Crippen LogP contribution >= 0.6 is 0 Å². The zero-order chi connectivity index (χ0) is 14.8. The molecule has 3 N–H and O–H groups in total. The van der Waals surface area contributed by atoms with Gasteiger partial charge in [-0.25, -0.2) is 8.42 Å². The van der Waals surface area contributed by atoms with Crippen molar-refractivity contribution in [2.45, 2.75) is 4.90 Å². The summed E-state index contributed by atoms with van der Waals surface area (Å²) in [6.45, 7) is 0. The summed E-state index contributed by atoms with van der Waals surface area (Å²) >= 11 is 0. The lowest BCUT2D eigenvalue weighted by molar-refractivity contribution is 0.453. The number of nitrogens with two attached hydrogens (primary N) is 1. The minimum absolute atomic E-state index is 0.0899. The van der Waals surface area contributed by atoms with Crippen molar-refractivity contribution >= 4 is 15.7 Å². The van der Waals surface area contributed by atoms with Gasteiger partial charge in [-0.1, -0.05) is 0 Å². The SMILES string of the molecule is CS(=O)(=O)c1ccc(Oc2nnccc2C(=N)N)cc1. The Balaban J connectivity index is 2.30. The first-order valence-corrected chi connectivity index (χ1v) is 7.41. The molecule has 0 unspecified atom stereocenters. The Morgan fingerprint density at radius 3 is 2.45 bits per heavy atom. The lowest BCUT2D eigenvalue weighted by Crippen LogP contribution is -2.13. The zero-order valence-corrected chi connectivity index (χ0v) is 11.4. The molecule has 0 fully saturated rings. The van der Waals surface area contributed by atoms with Gasteiger partial charge in [0.25, 0.3) is 0 Å². The molecule has 0 radical (unpaired) electrons. The molecule has 0 saturated carbocycles. The first-order valence-electron chi connectivity index (χ1n) is 5.52. The predicted octanol–water partition coefficient (Wildman–Crippen LogP) is 0.956. The van der Waals surface area contributed by atoms with Crippen LogP contribution in [0.1, 0.15) is 5.56 Å². The van der Waals surface area contributed by atoms with Crippen molar-refractivity contribution in [1.29, 1.82) is 5.41 Å². The molecule has 104 valence electrons. The number of nitrogens with zero attached hydrogens (tertiary/aromatic N) is 2. The highest BCUT2D eigenvalue weighted by Gasteiger charge is 2.11. The average Bonchev–Trinajstić information content (AvgIpc) is 2.38. The Hall–Kier alpha value is -2.48. The largest absolute Gasteiger partial charge is 0.437 e. The van der Waals surface area contributed by atoms with Crippen LogP contribution in [0.15, 0.2) is 41.4 Å². The number of nitrogen functional groups attached to an aromatic ring is 1. The number of rotatable bonds is 4. The molecule has 7 nitrogen and oxygen atoms in total. The van der Waals surface area contributed by atoms with E-state index >= 15 is 0 Å². The molecule has 0 spiro atoms. The van der Waals surface area contributed by atoms with E-state index in [1.165, 1.54) is 36.5 Å². The van der Waals surface area contributed by atoms with Gasteiger partial charge in [-0.15, -0.1) is 5.10 Å². The fourth-order valence-corrected chi connectivity index (χ4v) is 2.10. The monoisotopic (exact) mass is 292 g/mol. The average molecular weight is 292 g/mol. The third-order valence-corrected chi connectivity index (χ3v) is 3.57. The van der Waals surface area contributed by atoms with Gasteiger partial charge in [0.1, 0.15) is 11.6 Å². The normalized spacial score (nSPS) is 11.1. The molecular formula is C12H12N4O3S. The zero-order valence-electron chi connectivity index (χ0n) is 10.6. The summed E-state index contributed by atoms with van der Waals surface area (Å²) in [5, 5.41) is 14.8. The van der Waals surface area contributed by atoms with Crippen LogP contribution in [0.25, 0.3) is 0 Å². The van der Waals surface area contributed by atoms with Crippen LogP contribution in [0.5, 0.6) is 11.6 Å². The third kappa shape index (κ3) is 3.09. The third-order valence-electron chi connectivity index (χ3n) is 2.44. The summed E-state index contributed by atoms with van der Waals surface area (Å²) in [5.41, 5.74) is 5.72. The molecule has 8 heteroatoms. The molecule has 1 aromatic heterocycles. The van der Waals surface area contributed by atoms with Crippen molar-refractivity contribution in [3.05, 3.63) is 42.1 Å². The van der Waals surface area contributed by atoms with Crippen molar-refractivity contribution in [2.24, 2.45) is 5.73 Å². The number of hydrogen-bond donors (Lipinski definition) is 2. The van der Waals surface area contributed by atoms with Gasteiger partial charge < -0.3 is 10.5 Å². The van der Waals surface area contributed by atoms with Crippen LogP contribution in [0.2, 0.25) is 0 Å². The predicted molar refractivity (Wildman–Crippen MR) is 72.7 cm³/mol. The molecule has 1 aromatic carbocycles. The lowest BCUT2D eigenvalue weighted by atomic mass is 10.3. The molecule has 0 atom stereocenters. The second-order valence-corrected chi connectivity index (χ2v) is 6.03. The molecule has 0 aliphatic rings. The number of nitrogens with one attached hydrogen (secondary N) is 1. The van der Waals surface area contributed by atoms with Crippen LogP contribution in [0.3, 0.4) is 0 Å². The second kappa shape index (κ2) is 5.25. The maximum absolute atomic E-state index is 11.3. The molecule has 0 amide bonds. The van der Waals surface area contributed by atoms with Gasteiger partial charge in [0.05, 0.1) is 16.7 Å². The van der Waals surface area contributed by atoms with Crippen molar-refractivity contribution in [3.8, 4) is 11.6 Å². The summed E-state index contributed by atoms with van der Waals surface area (Å²) in [7, 11) is -3.25. The quantitative estimate of drug-likeness (QED) is 0.639. The number of amidine groups is 1. The fourth-order valence-electron chi connectivity index (χ4n) is 1.47. The highest BCUT2D eigenvalue weighted by Crippen LogP contribution is 2.23. The number of aromatic nitrogens is 2. The van der Waals surface area contributed by atoms with Gasteiger partial charge in [0, 0.05) is 6.26 Å². The molecule has 0 aliphatic heterocycles. The van der Waals surface area contributed by atoms with E-state index in [-0.39, 0.29) is 16.6 Å². The standard InChI is InChI=1S/C12H12N4O3S/c1-20(17,18)9-4-2-8(3-5-9)19-12-10(11(13)14)6-7-15-16-12/h2-7H,1H3,(H3,13,14). The van der Waals surface area contributed by atoms with Gasteiger partial charge in [0.15, 0.2) is 9.84 Å². The Labute approximate surface area is 115 Å². The van der Waals surface area contributed by atoms with E-state index in [1.54, 1.807) is 0 Å². The van der Waals surface area contributed by atoms with E-state index in [9.17, 15) is 8.42 Å². The van der Waals surface area contributed by atoms with Gasteiger partial charge in [-0.05, 0) is 30.3 Å². The molecule has 0 aliphatic carbocycles. The van der Waals surface area contributed by atoms with E-state index in [4.69, 9.17) is 15.9 Å². The molecule has 20 heavy (non-hydrogen) atoms. The second-order valence-electron chi connectivity index (χ2n) is 4.01. The van der Waals surface area contributed by atoms with Crippen LogP contribution in [-0.4, -0.2) is 30.7 Å². The number of sulfone groups is 1. The summed E-state index contributed by atoms with van der Waals surface area (Å²) < 4.78 is 28.1. The summed E-state index contributed by atoms with van der Waals surface area (Å²) in [6, 6.07) is 7.35. The molecule has 2 aromatic rings. The van der Waals surface area contributed by atoms with Crippen LogP contribution < -0.4 is 10.5 Å². The van der Waals surface area contributed by atoms with Crippen molar-refractivity contribution < 1.29 is 13.2 Å². The first kappa shape index (κ1) is 13.9. The Morgan fingerprint density at radius 2 is 1.90 bits per heavy atom. The number of hydrogen-bond acceptors (Lipinski definition) is 6. The first-order chi connectivity index (χ1) is 9.38. The van der Waals surface area contributed by atoms with E-state index in [1.807, 2.05) is 0 Å². The fraction of sp³-hybridized carbons (Fsp3) is 0.0833. The molecule has 0 bridgehead atoms. The summed E-state index contributed by atoms with van der Waals surface area (Å²) in [6.07, 6.45) is 2.52. The minimum Gasteiger partial charge on any atom is -0.437 e. The van der Waals surface area contributed by atoms with Gasteiger partial charge in [-0.3, -0.25) is 5.41 Å². The maximum Gasteiger partial charge on any atom is 0.249 e. The molecule has 2 rings (SSSR count). The summed E-state index contributed by atoms with van der Waals surface area (Å²) in [5.74, 6) is 0.273. The van der Waals surface area contributed by atoms with Crippen LogP contribution in [-0.2, 0) is 9.84 Å². The lowest BCUT2D eigenvalue weighted by Gasteiger charge is -2.08. The van der Waals surface area contributed by atoms with E-state index < -0.39 is 9.84 Å². The maximum atomic E-state index is 11.3. The van der Waals surface area contributed by atoms with Crippen molar-refractivity contribution in [1.82, 2.24) is 10.2 Å². The van der Waals surface area contributed by atoms with E-state index in [2.05, 4.69) is 10.2 Å². The van der Waals surface area contributed by atoms with Crippen LogP contribution in [0.4, 0.5) is 0 Å². The minimum atomic E-state index is -3.25. The molecular weight excluding hydrogens is 280 g/mol. The van der Waals surface area contributed by atoms with Gasteiger partial charge in [-0.2, -0.15) is 5.10 Å².